The third-order valence-electron chi connectivity index (χ3n) is 2.51. The normalized spacial score (nSPS) is 11.4. The molecule has 84 valence electrons. The van der Waals surface area contributed by atoms with Crippen molar-refractivity contribution >= 4 is 5.97 Å². The van der Waals surface area contributed by atoms with Crippen molar-refractivity contribution < 1.29 is 9.53 Å². The average Bonchev–Trinajstić information content (AvgIpc) is 2.11. The van der Waals surface area contributed by atoms with Gasteiger partial charge in [-0.15, -0.1) is 0 Å². The first-order valence-corrected chi connectivity index (χ1v) is 5.73. The maximum absolute atomic E-state index is 11.0. The van der Waals surface area contributed by atoms with Gasteiger partial charge in [0.25, 0.3) is 0 Å². The van der Waals surface area contributed by atoms with Crippen LogP contribution in [0.4, 0.5) is 0 Å². The van der Waals surface area contributed by atoms with E-state index in [-0.39, 0.29) is 11.6 Å². The Morgan fingerprint density at radius 1 is 1.14 bits per heavy atom. The first-order valence-electron chi connectivity index (χ1n) is 5.73. The summed E-state index contributed by atoms with van der Waals surface area (Å²) in [6.07, 6.45) is 6.55. The first kappa shape index (κ1) is 13.5. The lowest BCUT2D eigenvalue weighted by Crippen LogP contribution is -2.30. The fourth-order valence-corrected chi connectivity index (χ4v) is 1.68. The van der Waals surface area contributed by atoms with Crippen LogP contribution < -0.4 is 0 Å². The van der Waals surface area contributed by atoms with Gasteiger partial charge in [0.15, 0.2) is 0 Å². The monoisotopic (exact) mass is 200 g/mol. The molecule has 0 N–H and O–H groups in total. The van der Waals surface area contributed by atoms with Crippen molar-refractivity contribution in [2.45, 2.75) is 71.8 Å². The Hall–Kier alpha value is -0.530. The zero-order chi connectivity index (χ0) is 11.0. The third-order valence-corrected chi connectivity index (χ3v) is 2.51. The summed E-state index contributed by atoms with van der Waals surface area (Å²) in [5, 5.41) is 0. The second-order valence-electron chi connectivity index (χ2n) is 4.25. The molecule has 2 heteroatoms. The Morgan fingerprint density at radius 3 is 1.86 bits per heavy atom. The van der Waals surface area contributed by atoms with Gasteiger partial charge in [-0.25, -0.2) is 0 Å². The summed E-state index contributed by atoms with van der Waals surface area (Å²) in [5.74, 6) is -0.153. The Morgan fingerprint density at radius 2 is 1.57 bits per heavy atom. The van der Waals surface area contributed by atoms with Crippen LogP contribution in [0.15, 0.2) is 0 Å². The zero-order valence-electron chi connectivity index (χ0n) is 10.1. The van der Waals surface area contributed by atoms with Gasteiger partial charge in [-0.3, -0.25) is 4.79 Å². The Kier molecular flexibility index (Phi) is 6.60. The molecule has 0 aliphatic rings. The van der Waals surface area contributed by atoms with E-state index in [4.69, 9.17) is 4.74 Å². The molecule has 0 amide bonds. The van der Waals surface area contributed by atoms with E-state index < -0.39 is 0 Å². The Balaban J connectivity index is 4.09. The fraction of sp³-hybridized carbons (Fsp3) is 0.917. The lowest BCUT2D eigenvalue weighted by Gasteiger charge is -2.29. The van der Waals surface area contributed by atoms with Crippen molar-refractivity contribution in [3.05, 3.63) is 0 Å². The number of carbonyl (C=O) groups excluding carboxylic acids is 1. The van der Waals surface area contributed by atoms with Gasteiger partial charge in [0, 0.05) is 6.92 Å². The largest absolute Gasteiger partial charge is 0.460 e. The highest BCUT2D eigenvalue weighted by molar-refractivity contribution is 5.66. The molecule has 0 saturated carbocycles. The molecule has 2 nitrogen and oxygen atoms in total. The molecule has 0 aromatic heterocycles. The number of rotatable bonds is 7. The molecule has 0 bridgehead atoms. The van der Waals surface area contributed by atoms with Gasteiger partial charge in [-0.1, -0.05) is 26.7 Å². The molecule has 0 rings (SSSR count). The standard InChI is InChI=1S/C12H24O2/c1-5-7-9-12(4,10-8-6-2)14-11(3)13/h5-10H2,1-4H3. The van der Waals surface area contributed by atoms with Crippen molar-refractivity contribution in [2.75, 3.05) is 0 Å². The van der Waals surface area contributed by atoms with Crippen molar-refractivity contribution in [2.24, 2.45) is 0 Å². The quantitative estimate of drug-likeness (QED) is 0.586. The molecule has 0 unspecified atom stereocenters. The minimum absolute atomic E-state index is 0.153. The van der Waals surface area contributed by atoms with E-state index in [0.717, 1.165) is 38.5 Å². The van der Waals surface area contributed by atoms with Crippen LogP contribution in [0.25, 0.3) is 0 Å². The van der Waals surface area contributed by atoms with Gasteiger partial charge in [0.05, 0.1) is 0 Å². The van der Waals surface area contributed by atoms with Crippen molar-refractivity contribution in [1.29, 1.82) is 0 Å². The summed E-state index contributed by atoms with van der Waals surface area (Å²) in [6, 6.07) is 0. The minimum Gasteiger partial charge on any atom is -0.460 e. The number of hydrogen-bond acceptors (Lipinski definition) is 2. The third kappa shape index (κ3) is 6.01. The first-order chi connectivity index (χ1) is 6.54. The molecule has 0 spiro atoms. The summed E-state index contributed by atoms with van der Waals surface area (Å²) in [6.45, 7) is 7.87. The molecular weight excluding hydrogens is 176 g/mol. The van der Waals surface area contributed by atoms with Crippen molar-refractivity contribution in [1.82, 2.24) is 0 Å². The van der Waals surface area contributed by atoms with E-state index in [2.05, 4.69) is 20.8 Å². The van der Waals surface area contributed by atoms with Crippen LogP contribution in [0.2, 0.25) is 0 Å². The molecule has 0 radical (unpaired) electrons. The Bertz CT molecular complexity index is 156. The van der Waals surface area contributed by atoms with Gasteiger partial charge in [0.2, 0.25) is 0 Å². The van der Waals surface area contributed by atoms with Gasteiger partial charge in [0.1, 0.15) is 5.60 Å². The lowest BCUT2D eigenvalue weighted by molar-refractivity contribution is -0.156. The van der Waals surface area contributed by atoms with Crippen LogP contribution in [0, 0.1) is 0 Å². The molecule has 0 fully saturated rings. The van der Waals surface area contributed by atoms with Crippen molar-refractivity contribution in [3.63, 3.8) is 0 Å². The molecule has 0 heterocycles. The molecule has 0 aromatic rings. The number of hydrogen-bond donors (Lipinski definition) is 0. The van der Waals surface area contributed by atoms with Gasteiger partial charge < -0.3 is 4.74 Å². The van der Waals surface area contributed by atoms with Gasteiger partial charge in [-0.2, -0.15) is 0 Å². The predicted molar refractivity (Wildman–Crippen MR) is 59.2 cm³/mol. The van der Waals surface area contributed by atoms with Crippen LogP contribution in [0.1, 0.15) is 66.2 Å². The van der Waals surface area contributed by atoms with E-state index >= 15 is 0 Å². The lowest BCUT2D eigenvalue weighted by atomic mass is 9.92. The second kappa shape index (κ2) is 6.86. The van der Waals surface area contributed by atoms with E-state index in [1.807, 2.05) is 0 Å². The van der Waals surface area contributed by atoms with Crippen LogP contribution in [0.5, 0.6) is 0 Å². The average molecular weight is 200 g/mol. The van der Waals surface area contributed by atoms with Gasteiger partial charge >= 0.3 is 5.97 Å². The van der Waals surface area contributed by atoms with E-state index in [9.17, 15) is 4.79 Å². The number of esters is 1. The summed E-state index contributed by atoms with van der Waals surface area (Å²) < 4.78 is 5.40. The number of carbonyl (C=O) groups is 1. The SMILES string of the molecule is CCCCC(C)(CCCC)OC(C)=O. The van der Waals surface area contributed by atoms with Crippen LogP contribution >= 0.6 is 0 Å². The summed E-state index contributed by atoms with van der Waals surface area (Å²) in [7, 11) is 0. The second-order valence-corrected chi connectivity index (χ2v) is 4.25. The highest BCUT2D eigenvalue weighted by Gasteiger charge is 2.25. The van der Waals surface area contributed by atoms with E-state index in [1.54, 1.807) is 0 Å². The highest BCUT2D eigenvalue weighted by Crippen LogP contribution is 2.25. The van der Waals surface area contributed by atoms with E-state index in [0.29, 0.717) is 0 Å². The predicted octanol–water partition coefficient (Wildman–Crippen LogP) is 3.69. The Labute approximate surface area is 88.0 Å². The maximum Gasteiger partial charge on any atom is 0.303 e. The van der Waals surface area contributed by atoms with Crippen LogP contribution in [0.3, 0.4) is 0 Å². The smallest absolute Gasteiger partial charge is 0.303 e. The zero-order valence-corrected chi connectivity index (χ0v) is 10.1. The summed E-state index contributed by atoms with van der Waals surface area (Å²) in [5.41, 5.74) is -0.224. The highest BCUT2D eigenvalue weighted by atomic mass is 16.6. The molecule has 14 heavy (non-hydrogen) atoms. The van der Waals surface area contributed by atoms with Crippen LogP contribution in [-0.2, 0) is 9.53 Å². The minimum atomic E-state index is -0.224. The molecule has 0 aromatic carbocycles. The number of unbranched alkanes of at least 4 members (excludes halogenated alkanes) is 2. The van der Waals surface area contributed by atoms with Crippen molar-refractivity contribution in [3.8, 4) is 0 Å². The summed E-state index contributed by atoms with van der Waals surface area (Å²) in [4.78, 5) is 11.0. The van der Waals surface area contributed by atoms with Gasteiger partial charge in [-0.05, 0) is 32.6 Å². The van der Waals surface area contributed by atoms with Crippen LogP contribution in [-0.4, -0.2) is 11.6 Å². The van der Waals surface area contributed by atoms with E-state index in [1.165, 1.54) is 6.92 Å². The number of ether oxygens (including phenoxy) is 1. The molecule has 0 aliphatic heterocycles. The molecular formula is C12H24O2. The maximum atomic E-state index is 11.0. The molecule has 0 aliphatic carbocycles. The molecule has 0 saturated heterocycles. The topological polar surface area (TPSA) is 26.3 Å². The molecule has 0 atom stereocenters. The fourth-order valence-electron chi connectivity index (χ4n) is 1.68. The summed E-state index contributed by atoms with van der Waals surface area (Å²) >= 11 is 0.